The van der Waals surface area contributed by atoms with Gasteiger partial charge in [-0.15, -0.1) is 0 Å². The number of benzene rings is 2. The molecule has 1 aromatic heterocycles. The molecule has 3 rings (SSSR count). The predicted octanol–water partition coefficient (Wildman–Crippen LogP) is 4.07. The van der Waals surface area contributed by atoms with Crippen molar-refractivity contribution in [3.63, 3.8) is 0 Å². The molecule has 0 aliphatic rings. The molecular weight excluding hydrogens is 341 g/mol. The third-order valence-corrected chi connectivity index (χ3v) is 4.85. The van der Waals surface area contributed by atoms with Crippen molar-refractivity contribution in [1.82, 2.24) is 4.98 Å². The topological polar surface area (TPSA) is 71.1 Å². The van der Waals surface area contributed by atoms with Crippen LogP contribution in [0.2, 0.25) is 0 Å². The minimum Gasteiger partial charge on any atom is -0.339 e. The molecule has 3 aromatic rings. The van der Waals surface area contributed by atoms with Crippen molar-refractivity contribution in [2.75, 3.05) is 10.0 Å². The lowest BCUT2D eigenvalue weighted by molar-refractivity contribution is 0.601. The third-order valence-electron chi connectivity index (χ3n) is 3.44. The minimum absolute atomic E-state index is 0.000770. The van der Waals surface area contributed by atoms with Gasteiger partial charge in [-0.2, -0.15) is 0 Å². The molecule has 0 aliphatic heterocycles. The fraction of sp³-hybridized carbons (Fsp3) is 0.0556. The summed E-state index contributed by atoms with van der Waals surface area (Å²) in [6, 6.07) is 15.6. The van der Waals surface area contributed by atoms with E-state index in [0.29, 0.717) is 0 Å². The molecule has 25 heavy (non-hydrogen) atoms. The first-order valence-corrected chi connectivity index (χ1v) is 8.99. The second kappa shape index (κ2) is 6.90. The van der Waals surface area contributed by atoms with Crippen LogP contribution in [-0.4, -0.2) is 13.4 Å². The van der Waals surface area contributed by atoms with Gasteiger partial charge >= 0.3 is 0 Å². The van der Waals surface area contributed by atoms with Crippen LogP contribution in [0.15, 0.2) is 71.8 Å². The highest BCUT2D eigenvalue weighted by molar-refractivity contribution is 7.92. The highest BCUT2D eigenvalue weighted by Gasteiger charge is 2.19. The molecule has 7 heteroatoms. The molecule has 2 N–H and O–H groups in total. The molecule has 0 unspecified atom stereocenters. The summed E-state index contributed by atoms with van der Waals surface area (Å²) in [4.78, 5) is 4.14. The van der Waals surface area contributed by atoms with E-state index in [1.807, 2.05) is 31.2 Å². The maximum absolute atomic E-state index is 13.0. The van der Waals surface area contributed by atoms with Gasteiger partial charge in [0.2, 0.25) is 0 Å². The number of sulfonamides is 1. The summed E-state index contributed by atoms with van der Waals surface area (Å²) in [6.07, 6.45) is 1.51. The number of aryl methyl sites for hydroxylation is 1. The standard InChI is InChI=1S/C18H16FN3O2S/c1-13-4-2-5-16(12-13)21-18-17(6-3-11-20-18)25(23,24)22-15-9-7-14(19)8-10-15/h2-12,22H,1H3,(H,20,21). The lowest BCUT2D eigenvalue weighted by Gasteiger charge is -2.13. The molecule has 1 heterocycles. The van der Waals surface area contributed by atoms with E-state index in [-0.39, 0.29) is 16.4 Å². The Morgan fingerprint density at radius 3 is 2.44 bits per heavy atom. The molecule has 0 fully saturated rings. The molecule has 0 saturated heterocycles. The zero-order valence-electron chi connectivity index (χ0n) is 13.4. The molecule has 0 spiro atoms. The summed E-state index contributed by atoms with van der Waals surface area (Å²) in [5, 5.41) is 3.02. The average molecular weight is 357 g/mol. The minimum atomic E-state index is -3.88. The van der Waals surface area contributed by atoms with E-state index in [2.05, 4.69) is 15.0 Å². The van der Waals surface area contributed by atoms with Gasteiger partial charge in [-0.3, -0.25) is 4.72 Å². The van der Waals surface area contributed by atoms with Crippen LogP contribution in [0.25, 0.3) is 0 Å². The van der Waals surface area contributed by atoms with Crippen LogP contribution in [0.5, 0.6) is 0 Å². The van der Waals surface area contributed by atoms with Crippen LogP contribution >= 0.6 is 0 Å². The first kappa shape index (κ1) is 16.9. The second-order valence-electron chi connectivity index (χ2n) is 5.46. The number of hydrogen-bond acceptors (Lipinski definition) is 4. The predicted molar refractivity (Wildman–Crippen MR) is 95.9 cm³/mol. The van der Waals surface area contributed by atoms with Gasteiger partial charge < -0.3 is 5.32 Å². The number of halogens is 1. The zero-order valence-corrected chi connectivity index (χ0v) is 14.2. The number of hydrogen-bond donors (Lipinski definition) is 2. The Hall–Kier alpha value is -2.93. The number of rotatable bonds is 5. The van der Waals surface area contributed by atoms with E-state index in [1.54, 1.807) is 6.07 Å². The van der Waals surface area contributed by atoms with Crippen molar-refractivity contribution < 1.29 is 12.8 Å². The van der Waals surface area contributed by atoms with Gasteiger partial charge in [0.1, 0.15) is 10.7 Å². The van der Waals surface area contributed by atoms with Crippen LogP contribution in [0.1, 0.15) is 5.56 Å². The molecule has 0 bridgehead atoms. The Morgan fingerprint density at radius 2 is 1.72 bits per heavy atom. The van der Waals surface area contributed by atoms with Gasteiger partial charge in [-0.25, -0.2) is 17.8 Å². The van der Waals surface area contributed by atoms with Crippen molar-refractivity contribution in [2.45, 2.75) is 11.8 Å². The maximum Gasteiger partial charge on any atom is 0.265 e. The van der Waals surface area contributed by atoms with Crippen LogP contribution in [0.3, 0.4) is 0 Å². The van der Waals surface area contributed by atoms with E-state index in [9.17, 15) is 12.8 Å². The first-order valence-electron chi connectivity index (χ1n) is 7.51. The Labute approximate surface area is 145 Å². The number of nitrogens with zero attached hydrogens (tertiary/aromatic N) is 1. The highest BCUT2D eigenvalue weighted by Crippen LogP contribution is 2.25. The van der Waals surface area contributed by atoms with Gasteiger partial charge in [-0.05, 0) is 61.0 Å². The first-order chi connectivity index (χ1) is 11.9. The van der Waals surface area contributed by atoms with Crippen molar-refractivity contribution >= 4 is 27.2 Å². The summed E-state index contributed by atoms with van der Waals surface area (Å²) in [5.74, 6) is -0.228. The van der Waals surface area contributed by atoms with Crippen molar-refractivity contribution in [1.29, 1.82) is 0 Å². The van der Waals surface area contributed by atoms with Crippen LogP contribution in [0, 0.1) is 12.7 Å². The van der Waals surface area contributed by atoms with Crippen LogP contribution in [0.4, 0.5) is 21.6 Å². The fourth-order valence-corrected chi connectivity index (χ4v) is 3.46. The summed E-state index contributed by atoms with van der Waals surface area (Å²) in [6.45, 7) is 1.94. The maximum atomic E-state index is 13.0. The third kappa shape index (κ3) is 4.13. The van der Waals surface area contributed by atoms with E-state index < -0.39 is 15.8 Å². The smallest absolute Gasteiger partial charge is 0.265 e. The molecule has 0 atom stereocenters. The molecule has 128 valence electrons. The quantitative estimate of drug-likeness (QED) is 0.722. The number of anilines is 3. The summed E-state index contributed by atoms with van der Waals surface area (Å²) >= 11 is 0. The highest BCUT2D eigenvalue weighted by atomic mass is 32.2. The van der Waals surface area contributed by atoms with E-state index in [4.69, 9.17) is 0 Å². The normalized spacial score (nSPS) is 11.1. The SMILES string of the molecule is Cc1cccc(Nc2ncccc2S(=O)(=O)Nc2ccc(F)cc2)c1. The molecule has 0 amide bonds. The van der Waals surface area contributed by atoms with Gasteiger partial charge in [0, 0.05) is 17.6 Å². The number of aromatic nitrogens is 1. The van der Waals surface area contributed by atoms with Gasteiger partial charge in [0.25, 0.3) is 10.0 Å². The lowest BCUT2D eigenvalue weighted by atomic mass is 10.2. The Kier molecular flexibility index (Phi) is 4.67. The number of nitrogens with one attached hydrogen (secondary N) is 2. The molecular formula is C18H16FN3O2S. The molecule has 0 saturated carbocycles. The number of pyridine rings is 1. The zero-order chi connectivity index (χ0) is 17.9. The summed E-state index contributed by atoms with van der Waals surface area (Å²) in [7, 11) is -3.88. The lowest BCUT2D eigenvalue weighted by Crippen LogP contribution is -2.15. The Balaban J connectivity index is 1.92. The van der Waals surface area contributed by atoms with Gasteiger partial charge in [-0.1, -0.05) is 12.1 Å². The van der Waals surface area contributed by atoms with E-state index in [1.165, 1.54) is 36.5 Å². The Morgan fingerprint density at radius 1 is 0.960 bits per heavy atom. The van der Waals surface area contributed by atoms with Gasteiger partial charge in [0.05, 0.1) is 0 Å². The van der Waals surface area contributed by atoms with E-state index >= 15 is 0 Å². The summed E-state index contributed by atoms with van der Waals surface area (Å²) < 4.78 is 40.8. The largest absolute Gasteiger partial charge is 0.339 e. The van der Waals surface area contributed by atoms with Crippen LogP contribution < -0.4 is 10.0 Å². The monoisotopic (exact) mass is 357 g/mol. The molecule has 5 nitrogen and oxygen atoms in total. The second-order valence-corrected chi connectivity index (χ2v) is 7.11. The Bertz CT molecular complexity index is 989. The molecule has 2 aromatic carbocycles. The average Bonchev–Trinajstić information content (AvgIpc) is 2.57. The van der Waals surface area contributed by atoms with E-state index in [0.717, 1.165) is 11.3 Å². The van der Waals surface area contributed by atoms with Crippen molar-refractivity contribution in [3.8, 4) is 0 Å². The van der Waals surface area contributed by atoms with Crippen LogP contribution in [-0.2, 0) is 10.0 Å². The van der Waals surface area contributed by atoms with Crippen molar-refractivity contribution in [3.05, 3.63) is 78.2 Å². The summed E-state index contributed by atoms with van der Waals surface area (Å²) in [5.41, 5.74) is 2.04. The van der Waals surface area contributed by atoms with Gasteiger partial charge in [0.15, 0.2) is 5.82 Å². The molecule has 0 radical (unpaired) electrons. The van der Waals surface area contributed by atoms with Crippen molar-refractivity contribution in [2.24, 2.45) is 0 Å². The fourth-order valence-electron chi connectivity index (χ4n) is 2.29. The molecule has 0 aliphatic carbocycles.